The van der Waals surface area contributed by atoms with E-state index < -0.39 is 0 Å². The minimum atomic E-state index is 0.648. The third-order valence-corrected chi connectivity index (χ3v) is 5.10. The van der Waals surface area contributed by atoms with E-state index in [0.29, 0.717) is 11.5 Å². The van der Waals surface area contributed by atoms with Gasteiger partial charge in [-0.25, -0.2) is 0 Å². The molecule has 2 saturated carbocycles. The first-order valence-corrected chi connectivity index (χ1v) is 7.23. The topological polar surface area (TPSA) is 21.3 Å². The summed E-state index contributed by atoms with van der Waals surface area (Å²) in [4.78, 5) is 0. The SMILES string of the molecule is C1COCC(NC2CCCC23CCCC3)C1. The molecule has 1 spiro atoms. The first-order chi connectivity index (χ1) is 7.89. The molecule has 2 aliphatic carbocycles. The van der Waals surface area contributed by atoms with Crippen LogP contribution in [0.25, 0.3) is 0 Å². The summed E-state index contributed by atoms with van der Waals surface area (Å²) in [5.41, 5.74) is 0.692. The molecule has 0 radical (unpaired) electrons. The Labute approximate surface area is 99.1 Å². The van der Waals surface area contributed by atoms with E-state index in [-0.39, 0.29) is 0 Å². The van der Waals surface area contributed by atoms with E-state index in [0.717, 1.165) is 19.3 Å². The Balaban J connectivity index is 1.60. The molecule has 2 atom stereocenters. The lowest BCUT2D eigenvalue weighted by Gasteiger charge is -2.36. The van der Waals surface area contributed by atoms with E-state index in [1.165, 1.54) is 57.8 Å². The zero-order chi connectivity index (χ0) is 10.8. The molecule has 2 nitrogen and oxygen atoms in total. The standard InChI is InChI=1S/C14H25NO/c1-2-8-14(7-1)9-3-6-13(14)15-12-5-4-10-16-11-12/h12-13,15H,1-11H2. The molecule has 0 aromatic rings. The van der Waals surface area contributed by atoms with Gasteiger partial charge in [0.15, 0.2) is 0 Å². The third kappa shape index (κ3) is 2.02. The second-order valence-electron chi connectivity index (χ2n) is 6.10. The van der Waals surface area contributed by atoms with Crippen molar-refractivity contribution in [3.8, 4) is 0 Å². The zero-order valence-corrected chi connectivity index (χ0v) is 10.3. The van der Waals surface area contributed by atoms with Crippen LogP contribution in [0.15, 0.2) is 0 Å². The van der Waals surface area contributed by atoms with Gasteiger partial charge in [-0.2, -0.15) is 0 Å². The van der Waals surface area contributed by atoms with Gasteiger partial charge in [0, 0.05) is 18.7 Å². The predicted octanol–water partition coefficient (Wildman–Crippen LogP) is 2.87. The van der Waals surface area contributed by atoms with Gasteiger partial charge in [-0.15, -0.1) is 0 Å². The van der Waals surface area contributed by atoms with Gasteiger partial charge in [0.05, 0.1) is 6.61 Å². The van der Waals surface area contributed by atoms with Gasteiger partial charge in [0.25, 0.3) is 0 Å². The van der Waals surface area contributed by atoms with Crippen molar-refractivity contribution in [3.05, 3.63) is 0 Å². The van der Waals surface area contributed by atoms with Crippen LogP contribution in [0.5, 0.6) is 0 Å². The van der Waals surface area contributed by atoms with Crippen molar-refractivity contribution in [1.29, 1.82) is 0 Å². The molecule has 92 valence electrons. The normalized spacial score (nSPS) is 38.2. The van der Waals surface area contributed by atoms with Crippen molar-refractivity contribution < 1.29 is 4.74 Å². The highest BCUT2D eigenvalue weighted by molar-refractivity contribution is 5.00. The van der Waals surface area contributed by atoms with E-state index in [1.54, 1.807) is 0 Å². The van der Waals surface area contributed by atoms with Crippen LogP contribution in [0.3, 0.4) is 0 Å². The molecule has 0 aromatic heterocycles. The van der Waals surface area contributed by atoms with Crippen molar-refractivity contribution >= 4 is 0 Å². The van der Waals surface area contributed by atoms with Gasteiger partial charge in [-0.1, -0.05) is 19.3 Å². The van der Waals surface area contributed by atoms with Crippen LogP contribution in [-0.2, 0) is 4.74 Å². The molecule has 0 amide bonds. The minimum absolute atomic E-state index is 0.648. The molecule has 2 unspecified atom stereocenters. The van der Waals surface area contributed by atoms with Crippen molar-refractivity contribution in [1.82, 2.24) is 5.32 Å². The molecule has 3 rings (SSSR count). The van der Waals surface area contributed by atoms with Gasteiger partial charge in [0.1, 0.15) is 0 Å². The fraction of sp³-hybridized carbons (Fsp3) is 1.00. The van der Waals surface area contributed by atoms with Gasteiger partial charge in [0.2, 0.25) is 0 Å². The maximum absolute atomic E-state index is 5.58. The van der Waals surface area contributed by atoms with E-state index in [1.807, 2.05) is 0 Å². The molecule has 2 heteroatoms. The molecular formula is C14H25NO. The van der Waals surface area contributed by atoms with Crippen LogP contribution in [0.4, 0.5) is 0 Å². The first kappa shape index (κ1) is 11.0. The quantitative estimate of drug-likeness (QED) is 0.777. The Hall–Kier alpha value is -0.0800. The molecule has 3 fully saturated rings. The van der Waals surface area contributed by atoms with E-state index >= 15 is 0 Å². The molecule has 1 aliphatic heterocycles. The van der Waals surface area contributed by atoms with Crippen molar-refractivity contribution in [2.45, 2.75) is 69.9 Å². The highest BCUT2D eigenvalue weighted by Crippen LogP contribution is 2.50. The number of hydrogen-bond acceptors (Lipinski definition) is 2. The summed E-state index contributed by atoms with van der Waals surface area (Å²) in [5, 5.41) is 3.93. The molecule has 3 aliphatic rings. The molecule has 16 heavy (non-hydrogen) atoms. The van der Waals surface area contributed by atoms with Crippen molar-refractivity contribution in [3.63, 3.8) is 0 Å². The number of ether oxygens (including phenoxy) is 1. The largest absolute Gasteiger partial charge is 0.380 e. The van der Waals surface area contributed by atoms with Gasteiger partial charge in [-0.05, 0) is 43.9 Å². The van der Waals surface area contributed by atoms with Gasteiger partial charge in [-0.3, -0.25) is 0 Å². The number of nitrogens with one attached hydrogen (secondary N) is 1. The first-order valence-electron chi connectivity index (χ1n) is 7.23. The van der Waals surface area contributed by atoms with Crippen LogP contribution in [0.1, 0.15) is 57.8 Å². The van der Waals surface area contributed by atoms with Crippen LogP contribution in [-0.4, -0.2) is 25.3 Å². The Morgan fingerprint density at radius 1 is 0.938 bits per heavy atom. The summed E-state index contributed by atoms with van der Waals surface area (Å²) in [7, 11) is 0. The van der Waals surface area contributed by atoms with Crippen molar-refractivity contribution in [2.75, 3.05) is 13.2 Å². The number of hydrogen-bond donors (Lipinski definition) is 1. The van der Waals surface area contributed by atoms with Crippen LogP contribution >= 0.6 is 0 Å². The predicted molar refractivity (Wildman–Crippen MR) is 65.5 cm³/mol. The smallest absolute Gasteiger partial charge is 0.0619 e. The second kappa shape index (κ2) is 4.66. The molecule has 1 heterocycles. The lowest BCUT2D eigenvalue weighted by atomic mass is 9.80. The Kier molecular flexibility index (Phi) is 3.21. The van der Waals surface area contributed by atoms with Gasteiger partial charge < -0.3 is 10.1 Å². The summed E-state index contributed by atoms with van der Waals surface area (Å²) in [6.45, 7) is 1.93. The summed E-state index contributed by atoms with van der Waals surface area (Å²) >= 11 is 0. The lowest BCUT2D eigenvalue weighted by Crippen LogP contribution is -2.48. The summed E-state index contributed by atoms with van der Waals surface area (Å²) in [6, 6.07) is 1.45. The fourth-order valence-electron chi connectivity index (χ4n) is 4.23. The molecule has 1 N–H and O–H groups in total. The monoisotopic (exact) mass is 223 g/mol. The van der Waals surface area contributed by atoms with Gasteiger partial charge >= 0.3 is 0 Å². The molecule has 1 saturated heterocycles. The average molecular weight is 223 g/mol. The summed E-state index contributed by atoms with van der Waals surface area (Å²) < 4.78 is 5.58. The second-order valence-corrected chi connectivity index (χ2v) is 6.10. The third-order valence-electron chi connectivity index (χ3n) is 5.10. The lowest BCUT2D eigenvalue weighted by molar-refractivity contribution is 0.0583. The zero-order valence-electron chi connectivity index (χ0n) is 10.3. The Bertz CT molecular complexity index is 223. The maximum Gasteiger partial charge on any atom is 0.0619 e. The molecule has 0 aromatic carbocycles. The number of rotatable bonds is 2. The van der Waals surface area contributed by atoms with Crippen LogP contribution in [0.2, 0.25) is 0 Å². The highest BCUT2D eigenvalue weighted by atomic mass is 16.5. The van der Waals surface area contributed by atoms with E-state index in [4.69, 9.17) is 4.74 Å². The van der Waals surface area contributed by atoms with E-state index in [9.17, 15) is 0 Å². The Morgan fingerprint density at radius 3 is 2.50 bits per heavy atom. The average Bonchev–Trinajstić information content (AvgIpc) is 2.93. The maximum atomic E-state index is 5.58. The molecular weight excluding hydrogens is 198 g/mol. The summed E-state index contributed by atoms with van der Waals surface area (Å²) in [5.74, 6) is 0. The summed E-state index contributed by atoms with van der Waals surface area (Å²) in [6.07, 6.45) is 12.8. The van der Waals surface area contributed by atoms with E-state index in [2.05, 4.69) is 5.32 Å². The Morgan fingerprint density at radius 2 is 1.75 bits per heavy atom. The van der Waals surface area contributed by atoms with Crippen molar-refractivity contribution in [2.24, 2.45) is 5.41 Å². The molecule has 0 bridgehead atoms. The van der Waals surface area contributed by atoms with Crippen LogP contribution < -0.4 is 5.32 Å². The minimum Gasteiger partial charge on any atom is -0.380 e. The highest BCUT2D eigenvalue weighted by Gasteiger charge is 2.44. The fourth-order valence-corrected chi connectivity index (χ4v) is 4.23. The van der Waals surface area contributed by atoms with Crippen LogP contribution in [0, 0.1) is 5.41 Å².